The van der Waals surface area contributed by atoms with Gasteiger partial charge in [0.25, 0.3) is 0 Å². The Morgan fingerprint density at radius 2 is 1.23 bits per heavy atom. The summed E-state index contributed by atoms with van der Waals surface area (Å²) in [6, 6.07) is 29.7. The van der Waals surface area contributed by atoms with Gasteiger partial charge in [-0.3, -0.25) is 0 Å². The second-order valence-corrected chi connectivity index (χ2v) is 9.90. The number of hydrogen-bond acceptors (Lipinski definition) is 6. The van der Waals surface area contributed by atoms with Crippen LogP contribution < -0.4 is 5.32 Å². The molecule has 0 spiro atoms. The first-order valence-corrected chi connectivity index (χ1v) is 13.2. The second-order valence-electron chi connectivity index (χ2n) is 9.47. The van der Waals surface area contributed by atoms with E-state index in [0.29, 0.717) is 27.9 Å². The maximum atomic E-state index is 13.6. The lowest BCUT2D eigenvalue weighted by atomic mass is 9.83. The number of dihydropyridines is 1. The number of allylic oxidation sites excluding steroid dienone is 2. The molecule has 0 bridgehead atoms. The summed E-state index contributed by atoms with van der Waals surface area (Å²) in [5.41, 5.74) is 4.23. The molecule has 4 aromatic rings. The summed E-state index contributed by atoms with van der Waals surface area (Å²) < 4.78 is 17.7. The van der Waals surface area contributed by atoms with E-state index in [1.807, 2.05) is 78.9 Å². The Labute approximate surface area is 237 Å². The SMILES string of the molecule is CC1=C(C(=O)OCc2ccccc2)C(c2ccc(-c3ccc(Cl)cc3)o2)C(C(=O)OCc2ccccc2)=C(C)N1. The van der Waals surface area contributed by atoms with Crippen molar-refractivity contribution in [2.75, 3.05) is 0 Å². The molecular weight excluding hydrogens is 526 g/mol. The highest BCUT2D eigenvalue weighted by atomic mass is 35.5. The number of halogens is 1. The Bertz CT molecular complexity index is 1490. The number of esters is 2. The zero-order valence-corrected chi connectivity index (χ0v) is 22.9. The molecule has 1 aliphatic heterocycles. The lowest BCUT2D eigenvalue weighted by Crippen LogP contribution is -2.32. The standard InChI is InChI=1S/C33H28ClNO5/c1-21-29(32(36)38-19-23-9-5-3-6-10-23)31(28-18-17-27(40-28)25-13-15-26(34)16-14-25)30(22(2)35-21)33(37)39-20-24-11-7-4-8-12-24/h3-18,31,35H,19-20H2,1-2H3. The molecule has 5 rings (SSSR count). The number of ether oxygens (including phenoxy) is 2. The lowest BCUT2D eigenvalue weighted by molar-refractivity contribution is -0.141. The van der Waals surface area contributed by atoms with Crippen LogP contribution in [0.3, 0.4) is 0 Å². The quantitative estimate of drug-likeness (QED) is 0.230. The first-order valence-electron chi connectivity index (χ1n) is 12.9. The molecule has 0 amide bonds. The number of rotatable bonds is 8. The van der Waals surface area contributed by atoms with Gasteiger partial charge in [0.15, 0.2) is 0 Å². The Kier molecular flexibility index (Phi) is 8.18. The van der Waals surface area contributed by atoms with Crippen molar-refractivity contribution in [1.82, 2.24) is 5.32 Å². The van der Waals surface area contributed by atoms with Crippen molar-refractivity contribution < 1.29 is 23.5 Å². The van der Waals surface area contributed by atoms with Crippen molar-refractivity contribution in [3.8, 4) is 11.3 Å². The molecule has 0 unspecified atom stereocenters. The van der Waals surface area contributed by atoms with Crippen LogP contribution in [0.15, 0.2) is 124 Å². The van der Waals surface area contributed by atoms with E-state index in [4.69, 9.17) is 25.5 Å². The Morgan fingerprint density at radius 3 is 1.73 bits per heavy atom. The molecule has 0 saturated heterocycles. The van der Waals surface area contributed by atoms with E-state index in [9.17, 15) is 9.59 Å². The first-order chi connectivity index (χ1) is 19.4. The predicted octanol–water partition coefficient (Wildman–Crippen LogP) is 7.32. The summed E-state index contributed by atoms with van der Waals surface area (Å²) in [7, 11) is 0. The van der Waals surface area contributed by atoms with Crippen LogP contribution in [0.5, 0.6) is 0 Å². The van der Waals surface area contributed by atoms with Crippen molar-refractivity contribution in [3.63, 3.8) is 0 Å². The number of benzene rings is 3. The summed E-state index contributed by atoms with van der Waals surface area (Å²) >= 11 is 6.06. The van der Waals surface area contributed by atoms with Crippen molar-refractivity contribution in [2.45, 2.75) is 33.0 Å². The minimum atomic E-state index is -0.839. The fourth-order valence-corrected chi connectivity index (χ4v) is 4.82. The number of carbonyl (C=O) groups excluding carboxylic acids is 2. The summed E-state index contributed by atoms with van der Waals surface area (Å²) in [4.78, 5) is 27.2. The van der Waals surface area contributed by atoms with Gasteiger partial charge >= 0.3 is 11.9 Å². The molecule has 0 aliphatic carbocycles. The molecule has 0 radical (unpaired) electrons. The van der Waals surface area contributed by atoms with Gasteiger partial charge in [-0.1, -0.05) is 72.3 Å². The molecule has 0 fully saturated rings. The van der Waals surface area contributed by atoms with Crippen molar-refractivity contribution in [3.05, 3.63) is 142 Å². The van der Waals surface area contributed by atoms with Gasteiger partial charge in [-0.05, 0) is 61.4 Å². The Balaban J connectivity index is 1.49. The summed E-state index contributed by atoms with van der Waals surface area (Å²) in [5.74, 6) is -0.944. The predicted molar refractivity (Wildman–Crippen MR) is 153 cm³/mol. The summed E-state index contributed by atoms with van der Waals surface area (Å²) in [6.45, 7) is 3.75. The molecule has 0 atom stereocenters. The molecule has 6 nitrogen and oxygen atoms in total. The smallest absolute Gasteiger partial charge is 0.337 e. The molecule has 0 saturated carbocycles. The first kappa shape index (κ1) is 27.0. The lowest BCUT2D eigenvalue weighted by Gasteiger charge is -2.29. The van der Waals surface area contributed by atoms with Crippen LogP contribution >= 0.6 is 11.6 Å². The molecule has 1 aromatic heterocycles. The van der Waals surface area contributed by atoms with Gasteiger partial charge < -0.3 is 19.2 Å². The highest BCUT2D eigenvalue weighted by Crippen LogP contribution is 2.41. The summed E-state index contributed by atoms with van der Waals surface area (Å²) in [5, 5.41) is 3.79. The molecular formula is C33H28ClNO5. The highest BCUT2D eigenvalue weighted by molar-refractivity contribution is 6.30. The monoisotopic (exact) mass is 553 g/mol. The maximum absolute atomic E-state index is 13.6. The van der Waals surface area contributed by atoms with Crippen molar-refractivity contribution >= 4 is 23.5 Å². The third kappa shape index (κ3) is 6.03. The van der Waals surface area contributed by atoms with E-state index in [-0.39, 0.29) is 24.4 Å². The molecule has 2 heterocycles. The normalized spacial score (nSPS) is 13.7. The molecule has 3 aromatic carbocycles. The van der Waals surface area contributed by atoms with Crippen LogP contribution in [0.1, 0.15) is 36.7 Å². The maximum Gasteiger partial charge on any atom is 0.337 e. The van der Waals surface area contributed by atoms with Crippen LogP contribution in [-0.4, -0.2) is 11.9 Å². The van der Waals surface area contributed by atoms with E-state index >= 15 is 0 Å². The van der Waals surface area contributed by atoms with Gasteiger partial charge in [-0.25, -0.2) is 9.59 Å². The van der Waals surface area contributed by atoms with Crippen LogP contribution in [-0.2, 0) is 32.3 Å². The van der Waals surface area contributed by atoms with Crippen LogP contribution in [0.2, 0.25) is 5.02 Å². The second kappa shape index (κ2) is 12.1. The van der Waals surface area contributed by atoms with Crippen LogP contribution in [0.25, 0.3) is 11.3 Å². The minimum absolute atomic E-state index is 0.0911. The molecule has 202 valence electrons. The van der Waals surface area contributed by atoms with Gasteiger partial charge in [-0.2, -0.15) is 0 Å². The van der Waals surface area contributed by atoms with Gasteiger partial charge in [-0.15, -0.1) is 0 Å². The van der Waals surface area contributed by atoms with E-state index in [1.165, 1.54) is 0 Å². The topological polar surface area (TPSA) is 77.8 Å². The van der Waals surface area contributed by atoms with E-state index in [0.717, 1.165) is 16.7 Å². The van der Waals surface area contributed by atoms with Gasteiger partial charge in [0, 0.05) is 22.0 Å². The van der Waals surface area contributed by atoms with E-state index < -0.39 is 17.9 Å². The zero-order chi connectivity index (χ0) is 28.1. The molecule has 7 heteroatoms. The van der Waals surface area contributed by atoms with Gasteiger partial charge in [0.2, 0.25) is 0 Å². The number of carbonyl (C=O) groups is 2. The average Bonchev–Trinajstić information content (AvgIpc) is 3.46. The van der Waals surface area contributed by atoms with Gasteiger partial charge in [0.1, 0.15) is 24.7 Å². The fourth-order valence-electron chi connectivity index (χ4n) is 4.70. The van der Waals surface area contributed by atoms with Crippen LogP contribution in [0.4, 0.5) is 0 Å². The Hall–Kier alpha value is -4.55. The molecule has 1 aliphatic rings. The zero-order valence-electron chi connectivity index (χ0n) is 22.1. The minimum Gasteiger partial charge on any atom is -0.460 e. The van der Waals surface area contributed by atoms with Crippen molar-refractivity contribution in [2.24, 2.45) is 0 Å². The van der Waals surface area contributed by atoms with E-state index in [1.54, 1.807) is 32.0 Å². The number of hydrogen-bond donors (Lipinski definition) is 1. The third-order valence-corrected chi connectivity index (χ3v) is 6.92. The van der Waals surface area contributed by atoms with Crippen LogP contribution in [0, 0.1) is 0 Å². The van der Waals surface area contributed by atoms with Crippen molar-refractivity contribution in [1.29, 1.82) is 0 Å². The fraction of sp³-hybridized carbons (Fsp3) is 0.152. The number of nitrogens with one attached hydrogen (secondary N) is 1. The highest BCUT2D eigenvalue weighted by Gasteiger charge is 2.40. The molecule has 40 heavy (non-hydrogen) atoms. The number of furan rings is 1. The van der Waals surface area contributed by atoms with Gasteiger partial charge in [0.05, 0.1) is 17.1 Å². The van der Waals surface area contributed by atoms with E-state index in [2.05, 4.69) is 5.32 Å². The Morgan fingerprint density at radius 1 is 0.725 bits per heavy atom. The average molecular weight is 554 g/mol. The third-order valence-electron chi connectivity index (χ3n) is 6.67. The molecule has 1 N–H and O–H groups in total. The summed E-state index contributed by atoms with van der Waals surface area (Å²) in [6.07, 6.45) is 0. The largest absolute Gasteiger partial charge is 0.460 e.